The molecule has 0 aromatic heterocycles. The van der Waals surface area contributed by atoms with Crippen LogP contribution in [0.4, 0.5) is 14.9 Å². The van der Waals surface area contributed by atoms with Crippen LogP contribution in [0.25, 0.3) is 0 Å². The van der Waals surface area contributed by atoms with E-state index in [-0.39, 0.29) is 17.8 Å². The second kappa shape index (κ2) is 11.3. The molecule has 5 rings (SSSR count). The summed E-state index contributed by atoms with van der Waals surface area (Å²) >= 11 is 0. The molecule has 1 unspecified atom stereocenters. The van der Waals surface area contributed by atoms with Crippen LogP contribution in [-0.4, -0.2) is 65.9 Å². The number of halogens is 1. The van der Waals surface area contributed by atoms with Crippen LogP contribution in [0.3, 0.4) is 0 Å². The molecule has 7 nitrogen and oxygen atoms in total. The van der Waals surface area contributed by atoms with Crippen molar-refractivity contribution in [2.24, 2.45) is 5.73 Å². The number of nitrogens with two attached hydrogens (primary N) is 1. The van der Waals surface area contributed by atoms with Crippen LogP contribution in [0, 0.1) is 5.82 Å². The Morgan fingerprint density at radius 2 is 1.61 bits per heavy atom. The van der Waals surface area contributed by atoms with Gasteiger partial charge in [-0.2, -0.15) is 0 Å². The number of nitrogens with zero attached hydrogens (tertiary/aromatic N) is 3. The minimum atomic E-state index is -0.452. The van der Waals surface area contributed by atoms with Crippen molar-refractivity contribution in [2.75, 3.05) is 44.6 Å². The lowest BCUT2D eigenvalue weighted by Crippen LogP contribution is -2.45. The number of benzene rings is 3. The highest BCUT2D eigenvalue weighted by molar-refractivity contribution is 6.04. The SMILES string of the molecule is CCN1CCN(Cc2ccc(C3c4ccc(NC(=O)c5ccc(F)cc5)cc4CCN3C(N)=O)cc2)CC1. The van der Waals surface area contributed by atoms with Gasteiger partial charge in [0.25, 0.3) is 5.91 Å². The van der Waals surface area contributed by atoms with Crippen LogP contribution in [0.15, 0.2) is 66.7 Å². The highest BCUT2D eigenvalue weighted by atomic mass is 19.1. The Hall–Kier alpha value is -3.75. The number of anilines is 1. The molecular weight excluding hydrogens is 481 g/mol. The predicted octanol–water partition coefficient (Wildman–Crippen LogP) is 4.24. The van der Waals surface area contributed by atoms with E-state index in [4.69, 9.17) is 5.73 Å². The van der Waals surface area contributed by atoms with E-state index in [1.165, 1.54) is 29.8 Å². The van der Waals surface area contributed by atoms with Crippen LogP contribution in [0.1, 0.15) is 45.6 Å². The fraction of sp³-hybridized carbons (Fsp3) is 0.333. The molecule has 3 aromatic rings. The van der Waals surface area contributed by atoms with Gasteiger partial charge < -0.3 is 20.9 Å². The monoisotopic (exact) mass is 515 g/mol. The summed E-state index contributed by atoms with van der Waals surface area (Å²) in [7, 11) is 0. The first kappa shape index (κ1) is 25.9. The average molecular weight is 516 g/mol. The Balaban J connectivity index is 1.33. The Morgan fingerprint density at radius 1 is 0.921 bits per heavy atom. The summed E-state index contributed by atoms with van der Waals surface area (Å²) in [6.07, 6.45) is 0.636. The van der Waals surface area contributed by atoms with Gasteiger partial charge in [0.2, 0.25) is 0 Å². The van der Waals surface area contributed by atoms with E-state index in [2.05, 4.69) is 46.3 Å². The lowest BCUT2D eigenvalue weighted by molar-refractivity contribution is 0.102. The maximum atomic E-state index is 13.2. The molecule has 0 saturated carbocycles. The number of carbonyl (C=O) groups is 2. The van der Waals surface area contributed by atoms with Crippen LogP contribution >= 0.6 is 0 Å². The third kappa shape index (κ3) is 5.71. The summed E-state index contributed by atoms with van der Waals surface area (Å²) in [4.78, 5) is 31.7. The Morgan fingerprint density at radius 3 is 2.26 bits per heavy atom. The molecule has 0 aliphatic carbocycles. The lowest BCUT2D eigenvalue weighted by Gasteiger charge is -2.37. The van der Waals surface area contributed by atoms with E-state index in [0.29, 0.717) is 24.2 Å². The molecule has 8 heteroatoms. The molecule has 1 saturated heterocycles. The molecule has 2 aliphatic rings. The zero-order valence-corrected chi connectivity index (χ0v) is 21.7. The van der Waals surface area contributed by atoms with Crippen molar-refractivity contribution >= 4 is 17.6 Å². The summed E-state index contributed by atoms with van der Waals surface area (Å²) in [5.41, 5.74) is 11.1. The van der Waals surface area contributed by atoms with E-state index in [9.17, 15) is 14.0 Å². The van der Waals surface area contributed by atoms with Crippen molar-refractivity contribution in [3.63, 3.8) is 0 Å². The molecule has 2 aliphatic heterocycles. The third-order valence-electron chi connectivity index (χ3n) is 7.63. The quantitative estimate of drug-likeness (QED) is 0.515. The predicted molar refractivity (Wildman–Crippen MR) is 146 cm³/mol. The van der Waals surface area contributed by atoms with Gasteiger partial charge in [0, 0.05) is 50.5 Å². The number of urea groups is 1. The zero-order valence-electron chi connectivity index (χ0n) is 21.7. The first-order valence-electron chi connectivity index (χ1n) is 13.2. The molecule has 0 radical (unpaired) electrons. The number of likely N-dealkylation sites (N-methyl/N-ethyl adjacent to an activating group) is 1. The molecule has 0 spiro atoms. The number of hydrogen-bond acceptors (Lipinski definition) is 4. The minimum Gasteiger partial charge on any atom is -0.351 e. The molecule has 38 heavy (non-hydrogen) atoms. The van der Waals surface area contributed by atoms with Gasteiger partial charge in [-0.25, -0.2) is 9.18 Å². The van der Waals surface area contributed by atoms with Gasteiger partial charge >= 0.3 is 6.03 Å². The molecule has 198 valence electrons. The van der Waals surface area contributed by atoms with Crippen LogP contribution < -0.4 is 11.1 Å². The van der Waals surface area contributed by atoms with Crippen molar-refractivity contribution in [1.29, 1.82) is 0 Å². The first-order valence-corrected chi connectivity index (χ1v) is 13.2. The van der Waals surface area contributed by atoms with E-state index >= 15 is 0 Å². The zero-order chi connectivity index (χ0) is 26.6. The van der Waals surface area contributed by atoms with Crippen LogP contribution in [-0.2, 0) is 13.0 Å². The van der Waals surface area contributed by atoms with Crippen LogP contribution in [0.5, 0.6) is 0 Å². The molecule has 3 amide bonds. The number of nitrogens with one attached hydrogen (secondary N) is 1. The number of fused-ring (bicyclic) bond motifs is 1. The molecule has 3 N–H and O–H groups in total. The summed E-state index contributed by atoms with van der Waals surface area (Å²) in [6.45, 7) is 9.06. The van der Waals surface area contributed by atoms with Crippen molar-refractivity contribution in [3.8, 4) is 0 Å². The third-order valence-corrected chi connectivity index (χ3v) is 7.63. The Kier molecular flexibility index (Phi) is 7.72. The topological polar surface area (TPSA) is 81.9 Å². The van der Waals surface area contributed by atoms with Crippen molar-refractivity contribution in [1.82, 2.24) is 14.7 Å². The molecule has 3 aromatic carbocycles. The molecule has 1 atom stereocenters. The number of primary amides is 1. The van der Waals surface area contributed by atoms with Gasteiger partial charge in [0.15, 0.2) is 0 Å². The van der Waals surface area contributed by atoms with Gasteiger partial charge in [-0.3, -0.25) is 9.69 Å². The van der Waals surface area contributed by atoms with Gasteiger partial charge in [-0.1, -0.05) is 37.3 Å². The molecule has 0 bridgehead atoms. The molecular formula is C30H34FN5O2. The second-order valence-corrected chi connectivity index (χ2v) is 10.0. The average Bonchev–Trinajstić information content (AvgIpc) is 2.93. The second-order valence-electron chi connectivity index (χ2n) is 10.0. The van der Waals surface area contributed by atoms with Gasteiger partial charge in [0.05, 0.1) is 6.04 Å². The van der Waals surface area contributed by atoms with E-state index in [1.54, 1.807) is 4.90 Å². The van der Waals surface area contributed by atoms with Gasteiger partial charge in [0.1, 0.15) is 5.82 Å². The summed E-state index contributed by atoms with van der Waals surface area (Å²) < 4.78 is 13.2. The normalized spacial score (nSPS) is 18.2. The summed E-state index contributed by atoms with van der Waals surface area (Å²) in [5, 5.41) is 2.89. The van der Waals surface area contributed by atoms with E-state index in [0.717, 1.165) is 56.0 Å². The Bertz CT molecular complexity index is 1290. The minimum absolute atomic E-state index is 0.291. The largest absolute Gasteiger partial charge is 0.351 e. The number of hydrogen-bond donors (Lipinski definition) is 2. The number of amides is 3. The molecule has 1 fully saturated rings. The van der Waals surface area contributed by atoms with Crippen LogP contribution in [0.2, 0.25) is 0 Å². The maximum Gasteiger partial charge on any atom is 0.315 e. The van der Waals surface area contributed by atoms with Crippen molar-refractivity contribution < 1.29 is 14.0 Å². The number of rotatable bonds is 6. The standard InChI is InChI=1S/C30H34FN5O2/c1-2-34-15-17-35(18-16-34)20-21-3-5-22(6-4-21)28-27-12-11-26(19-24(27)13-14-36(28)30(32)38)33-29(37)23-7-9-25(31)10-8-23/h3-12,19,28H,2,13-18,20H2,1H3,(H2,32,38)(H,33,37). The smallest absolute Gasteiger partial charge is 0.315 e. The fourth-order valence-corrected chi connectivity index (χ4v) is 5.43. The summed E-state index contributed by atoms with van der Waals surface area (Å²) in [6, 6.07) is 18.9. The number of piperazine rings is 1. The highest BCUT2D eigenvalue weighted by Gasteiger charge is 2.31. The lowest BCUT2D eigenvalue weighted by atomic mass is 9.87. The summed E-state index contributed by atoms with van der Waals surface area (Å²) in [5.74, 6) is -0.689. The maximum absolute atomic E-state index is 13.2. The van der Waals surface area contributed by atoms with Gasteiger partial charge in [-0.15, -0.1) is 0 Å². The molecule has 2 heterocycles. The Labute approximate surface area is 223 Å². The van der Waals surface area contributed by atoms with Gasteiger partial charge in [-0.05, 0) is 71.6 Å². The first-order chi connectivity index (χ1) is 18.4. The van der Waals surface area contributed by atoms with Crippen molar-refractivity contribution in [2.45, 2.75) is 25.9 Å². The van der Waals surface area contributed by atoms with E-state index < -0.39 is 6.03 Å². The van der Waals surface area contributed by atoms with Crippen molar-refractivity contribution in [3.05, 3.63) is 100 Å². The fourth-order valence-electron chi connectivity index (χ4n) is 5.43. The highest BCUT2D eigenvalue weighted by Crippen LogP contribution is 2.36. The van der Waals surface area contributed by atoms with E-state index in [1.807, 2.05) is 18.2 Å². The number of carbonyl (C=O) groups excluding carboxylic acids is 2.